The molecule has 0 heterocycles. The molecule has 0 aliphatic rings. The average Bonchev–Trinajstić information content (AvgIpc) is 2.65. The van der Waals surface area contributed by atoms with Gasteiger partial charge in [0.05, 0.1) is 21.9 Å². The molecule has 0 saturated carbocycles. The largest absolute Gasteiger partial charge is 0.264 e. The van der Waals surface area contributed by atoms with Crippen LogP contribution in [0.15, 0.2) is 71.2 Å². The van der Waals surface area contributed by atoms with Crippen LogP contribution in [0.5, 0.6) is 0 Å². The van der Waals surface area contributed by atoms with Crippen LogP contribution in [-0.2, 0) is 0 Å². The number of hydrogen-bond acceptors (Lipinski definition) is 6. The lowest BCUT2D eigenvalue weighted by Gasteiger charge is -2.28. The van der Waals surface area contributed by atoms with Crippen molar-refractivity contribution < 1.29 is 4.92 Å². The molecule has 0 aliphatic carbocycles. The highest BCUT2D eigenvalue weighted by Crippen LogP contribution is 2.23. The zero-order valence-electron chi connectivity index (χ0n) is 13.6. The van der Waals surface area contributed by atoms with Crippen LogP contribution in [0.3, 0.4) is 0 Å². The van der Waals surface area contributed by atoms with Crippen LogP contribution < -0.4 is 10.0 Å². The first-order chi connectivity index (χ1) is 12.0. The fourth-order valence-corrected chi connectivity index (χ4v) is 2.35. The molecule has 2 aromatic carbocycles. The lowest BCUT2D eigenvalue weighted by Crippen LogP contribution is -2.52. The molecule has 0 bridgehead atoms. The summed E-state index contributed by atoms with van der Waals surface area (Å²) >= 11 is 0. The minimum Gasteiger partial charge on any atom is -0.264 e. The maximum Gasteiger partial charge on any atom is 0.258 e. The normalized spacial score (nSPS) is 10.8. The molecule has 2 rings (SSSR count). The van der Waals surface area contributed by atoms with Crippen LogP contribution in [0.25, 0.3) is 0 Å². The first-order valence-electron chi connectivity index (χ1n) is 7.46. The summed E-state index contributed by atoms with van der Waals surface area (Å²) in [5, 5.41) is 19.4. The molecular weight excluding hydrogens is 326 g/mol. The Kier molecular flexibility index (Phi) is 5.72. The second-order valence-electron chi connectivity index (χ2n) is 5.70. The van der Waals surface area contributed by atoms with Gasteiger partial charge in [-0.1, -0.05) is 36.4 Å². The Labute approximate surface area is 143 Å². The minimum absolute atomic E-state index is 0.313. The molecule has 0 atom stereocenters. The van der Waals surface area contributed by atoms with E-state index in [1.54, 1.807) is 60.7 Å². The third-order valence-electron chi connectivity index (χ3n) is 3.73. The predicted molar refractivity (Wildman–Crippen MR) is 94.6 cm³/mol. The highest BCUT2D eigenvalue weighted by atomic mass is 16.6. The first kappa shape index (κ1) is 18.0. The molecule has 0 aromatic heterocycles. The summed E-state index contributed by atoms with van der Waals surface area (Å²) in [4.78, 5) is 33.5. The molecule has 0 spiro atoms. The van der Waals surface area contributed by atoms with Crippen LogP contribution in [0, 0.1) is 19.9 Å². The van der Waals surface area contributed by atoms with E-state index in [-0.39, 0.29) is 13.1 Å². The smallest absolute Gasteiger partial charge is 0.258 e. The van der Waals surface area contributed by atoms with Crippen molar-refractivity contribution in [1.29, 1.82) is 0 Å². The Morgan fingerprint density at radius 2 is 1.24 bits per heavy atom. The minimum atomic E-state index is -1.66. The summed E-state index contributed by atoms with van der Waals surface area (Å²) in [6, 6.07) is 16.8. The quantitative estimate of drug-likeness (QED) is 0.392. The molecular formula is C16H17N5O4. The molecule has 9 heteroatoms. The van der Waals surface area contributed by atoms with Gasteiger partial charge in [-0.15, -0.1) is 9.81 Å². The molecule has 0 saturated heterocycles. The number of nitrogens with zero attached hydrogens (tertiary/aromatic N) is 5. The van der Waals surface area contributed by atoms with E-state index < -0.39 is 10.5 Å². The Bertz CT molecular complexity index is 672. The SMILES string of the molecule is CC(CN(N=O)c1ccccc1)(CN(N=O)c1ccccc1)[N+](=O)[O-]. The van der Waals surface area contributed by atoms with Gasteiger partial charge in [-0.3, -0.25) is 10.1 Å². The zero-order chi connectivity index (χ0) is 18.3. The van der Waals surface area contributed by atoms with E-state index in [1.807, 2.05) is 0 Å². The van der Waals surface area contributed by atoms with Crippen molar-refractivity contribution in [2.75, 3.05) is 23.1 Å². The third kappa shape index (κ3) is 4.34. The molecule has 0 radical (unpaired) electrons. The molecule has 0 fully saturated rings. The standard InChI is InChI=1S/C16H17N5O4/c1-16(21(24)25,12-19(17-22)14-8-4-2-5-9-14)13-20(18-23)15-10-6-3-7-11-15/h2-11H,12-13H2,1H3. The van der Waals surface area contributed by atoms with Crippen molar-refractivity contribution >= 4 is 11.4 Å². The fraction of sp³-hybridized carbons (Fsp3) is 0.250. The second-order valence-corrected chi connectivity index (χ2v) is 5.70. The van der Waals surface area contributed by atoms with E-state index >= 15 is 0 Å². The lowest BCUT2D eigenvalue weighted by atomic mass is 10.0. The second kappa shape index (κ2) is 7.95. The number of anilines is 2. The fourth-order valence-electron chi connectivity index (χ4n) is 2.35. The van der Waals surface area contributed by atoms with Crippen molar-refractivity contribution in [1.82, 2.24) is 0 Å². The Balaban J connectivity index is 2.26. The first-order valence-corrected chi connectivity index (χ1v) is 7.46. The van der Waals surface area contributed by atoms with E-state index in [1.165, 1.54) is 6.92 Å². The maximum absolute atomic E-state index is 11.7. The van der Waals surface area contributed by atoms with Gasteiger partial charge >= 0.3 is 0 Å². The van der Waals surface area contributed by atoms with Gasteiger partial charge in [-0.25, -0.2) is 10.0 Å². The molecule has 0 N–H and O–H groups in total. The monoisotopic (exact) mass is 343 g/mol. The highest BCUT2D eigenvalue weighted by Gasteiger charge is 2.42. The van der Waals surface area contributed by atoms with Crippen LogP contribution in [0.4, 0.5) is 11.4 Å². The topological polar surface area (TPSA) is 108 Å². The van der Waals surface area contributed by atoms with Gasteiger partial charge in [0.1, 0.15) is 13.1 Å². The number of rotatable bonds is 9. The van der Waals surface area contributed by atoms with Crippen molar-refractivity contribution in [3.63, 3.8) is 0 Å². The molecule has 2 aromatic rings. The summed E-state index contributed by atoms with van der Waals surface area (Å²) < 4.78 is 0. The summed E-state index contributed by atoms with van der Waals surface area (Å²) in [5.74, 6) is 0. The number of nitro groups is 1. The van der Waals surface area contributed by atoms with Crippen molar-refractivity contribution in [3.8, 4) is 0 Å². The molecule has 9 nitrogen and oxygen atoms in total. The third-order valence-corrected chi connectivity index (χ3v) is 3.73. The summed E-state index contributed by atoms with van der Waals surface area (Å²) in [5.41, 5.74) is -0.806. The maximum atomic E-state index is 11.7. The summed E-state index contributed by atoms with van der Waals surface area (Å²) in [7, 11) is 0. The molecule has 25 heavy (non-hydrogen) atoms. The Morgan fingerprint density at radius 1 is 0.880 bits per heavy atom. The van der Waals surface area contributed by atoms with Gasteiger partial charge in [0.25, 0.3) is 5.54 Å². The lowest BCUT2D eigenvalue weighted by molar-refractivity contribution is -0.558. The van der Waals surface area contributed by atoms with Crippen molar-refractivity contribution in [2.45, 2.75) is 12.5 Å². The van der Waals surface area contributed by atoms with Crippen LogP contribution >= 0.6 is 0 Å². The molecule has 130 valence electrons. The van der Waals surface area contributed by atoms with Gasteiger partial charge in [-0.05, 0) is 24.3 Å². The Hall–Kier alpha value is -3.36. The van der Waals surface area contributed by atoms with E-state index in [0.29, 0.717) is 11.4 Å². The number of benzene rings is 2. The van der Waals surface area contributed by atoms with Crippen LogP contribution in [0.2, 0.25) is 0 Å². The molecule has 0 amide bonds. The van der Waals surface area contributed by atoms with E-state index in [4.69, 9.17) is 0 Å². The van der Waals surface area contributed by atoms with Crippen LogP contribution in [0.1, 0.15) is 6.92 Å². The van der Waals surface area contributed by atoms with Gasteiger partial charge in [0.15, 0.2) is 0 Å². The van der Waals surface area contributed by atoms with E-state index in [0.717, 1.165) is 10.0 Å². The van der Waals surface area contributed by atoms with Gasteiger partial charge in [0.2, 0.25) is 0 Å². The number of para-hydroxylation sites is 2. The highest BCUT2D eigenvalue weighted by molar-refractivity contribution is 5.47. The van der Waals surface area contributed by atoms with Gasteiger partial charge in [0, 0.05) is 11.8 Å². The van der Waals surface area contributed by atoms with Crippen LogP contribution in [-0.4, -0.2) is 23.6 Å². The molecule has 0 unspecified atom stereocenters. The number of nitroso groups, excluding NO2 is 2. The zero-order valence-corrected chi connectivity index (χ0v) is 13.6. The summed E-state index contributed by atoms with van der Waals surface area (Å²) in [6.07, 6.45) is 0. The van der Waals surface area contributed by atoms with E-state index in [2.05, 4.69) is 10.6 Å². The van der Waals surface area contributed by atoms with E-state index in [9.17, 15) is 19.9 Å². The van der Waals surface area contributed by atoms with Gasteiger partial charge < -0.3 is 0 Å². The Morgan fingerprint density at radius 3 is 1.52 bits per heavy atom. The van der Waals surface area contributed by atoms with Crippen molar-refractivity contribution in [2.24, 2.45) is 10.6 Å². The predicted octanol–water partition coefficient (Wildman–Crippen LogP) is 3.40. The summed E-state index contributed by atoms with van der Waals surface area (Å²) in [6.45, 7) is 0.716. The van der Waals surface area contributed by atoms with Gasteiger partial charge in [-0.2, -0.15) is 0 Å². The van der Waals surface area contributed by atoms with Crippen molar-refractivity contribution in [3.05, 3.63) is 80.6 Å². The number of hydrogen-bond donors (Lipinski definition) is 0. The average molecular weight is 343 g/mol. The molecule has 0 aliphatic heterocycles.